The smallest absolute Gasteiger partial charge is 0.184 e. The number of halogens is 3. The molecule has 6 heteroatoms. The standard InChI is InChI=1S/C11H12Cl3OP.Li/c1-3-6(2)16-11(15)9-7(12)4-5-8(13)10(9)14;/h4-6,16H,3H2,1-2H3;. The van der Waals surface area contributed by atoms with Crippen LogP contribution in [-0.4, -0.2) is 30.0 Å². The molecule has 0 aliphatic rings. The molecule has 0 amide bonds. The topological polar surface area (TPSA) is 17.1 Å². The van der Waals surface area contributed by atoms with Crippen molar-refractivity contribution in [2.45, 2.75) is 25.9 Å². The van der Waals surface area contributed by atoms with Gasteiger partial charge in [-0.1, -0.05) is 48.7 Å². The molecule has 0 aromatic heterocycles. The van der Waals surface area contributed by atoms with E-state index in [4.69, 9.17) is 34.8 Å². The van der Waals surface area contributed by atoms with Crippen molar-refractivity contribution in [3.8, 4) is 0 Å². The van der Waals surface area contributed by atoms with Crippen LogP contribution in [-0.2, 0) is 0 Å². The summed E-state index contributed by atoms with van der Waals surface area (Å²) in [6.07, 6.45) is 0.958. The van der Waals surface area contributed by atoms with Crippen molar-refractivity contribution in [2.24, 2.45) is 0 Å². The van der Waals surface area contributed by atoms with Crippen LogP contribution in [0.5, 0.6) is 0 Å². The molecule has 1 aromatic rings. The summed E-state index contributed by atoms with van der Waals surface area (Å²) in [5, 5.41) is 0.994. The van der Waals surface area contributed by atoms with E-state index in [9.17, 15) is 4.79 Å². The van der Waals surface area contributed by atoms with Gasteiger partial charge in [-0.2, -0.15) is 0 Å². The molecule has 0 spiro atoms. The molecule has 17 heavy (non-hydrogen) atoms. The maximum Gasteiger partial charge on any atom is 0.184 e. The Morgan fingerprint density at radius 2 is 1.82 bits per heavy atom. The average molecular weight is 304 g/mol. The summed E-state index contributed by atoms with van der Waals surface area (Å²) in [4.78, 5) is 12.0. The van der Waals surface area contributed by atoms with E-state index in [-0.39, 0.29) is 38.0 Å². The molecule has 0 saturated carbocycles. The summed E-state index contributed by atoms with van der Waals surface area (Å²) in [7, 11) is 0.180. The van der Waals surface area contributed by atoms with Crippen LogP contribution in [0.3, 0.4) is 0 Å². The summed E-state index contributed by atoms with van der Waals surface area (Å²) in [6, 6.07) is 3.19. The molecule has 1 radical (unpaired) electrons. The summed E-state index contributed by atoms with van der Waals surface area (Å²) in [5.41, 5.74) is 0.680. The molecule has 0 aliphatic carbocycles. The number of carbonyl (C=O) groups is 1. The summed E-state index contributed by atoms with van der Waals surface area (Å²) in [5.74, 6) is 0. The van der Waals surface area contributed by atoms with Gasteiger partial charge in [-0.25, -0.2) is 0 Å². The van der Waals surface area contributed by atoms with Crippen LogP contribution in [0.1, 0.15) is 30.6 Å². The summed E-state index contributed by atoms with van der Waals surface area (Å²) >= 11 is 17.8. The maximum atomic E-state index is 12.0. The van der Waals surface area contributed by atoms with Gasteiger partial charge in [0.25, 0.3) is 0 Å². The first-order valence-corrected chi connectivity index (χ1v) is 7.12. The number of rotatable bonds is 4. The van der Waals surface area contributed by atoms with Crippen LogP contribution in [0.2, 0.25) is 15.1 Å². The second-order valence-corrected chi connectivity index (χ2v) is 6.42. The van der Waals surface area contributed by atoms with Gasteiger partial charge in [0.1, 0.15) is 0 Å². The molecule has 0 fully saturated rings. The van der Waals surface area contributed by atoms with Crippen molar-refractivity contribution in [3.63, 3.8) is 0 Å². The minimum Gasteiger partial charge on any atom is -0.289 e. The number of hydrogen-bond acceptors (Lipinski definition) is 1. The minimum atomic E-state index is -0.0214. The van der Waals surface area contributed by atoms with E-state index in [1.807, 2.05) is 13.8 Å². The SMILES string of the molecule is CCC(C)PC(=O)c1c(Cl)ccc(Cl)c1Cl.[Li]. The van der Waals surface area contributed by atoms with Gasteiger partial charge in [0.05, 0.1) is 20.6 Å². The Morgan fingerprint density at radius 1 is 1.29 bits per heavy atom. The van der Waals surface area contributed by atoms with Crippen molar-refractivity contribution in [1.82, 2.24) is 0 Å². The Kier molecular flexibility index (Phi) is 8.43. The largest absolute Gasteiger partial charge is 0.289 e. The van der Waals surface area contributed by atoms with Gasteiger partial charge in [0, 0.05) is 18.9 Å². The third-order valence-corrected chi connectivity index (χ3v) is 4.79. The number of carbonyl (C=O) groups excluding carboxylic acids is 1. The van der Waals surface area contributed by atoms with E-state index < -0.39 is 0 Å². The average Bonchev–Trinajstić information content (AvgIpc) is 2.24. The Balaban J connectivity index is 0.00000256. The molecular formula is C11H12Cl3LiOP. The van der Waals surface area contributed by atoms with Gasteiger partial charge in [-0.3, -0.25) is 4.79 Å². The quantitative estimate of drug-likeness (QED) is 0.440. The van der Waals surface area contributed by atoms with Crippen molar-refractivity contribution < 1.29 is 4.79 Å². The fraction of sp³-hybridized carbons (Fsp3) is 0.364. The molecule has 1 nitrogen and oxygen atoms in total. The van der Waals surface area contributed by atoms with Crippen molar-refractivity contribution in [1.29, 1.82) is 0 Å². The zero-order chi connectivity index (χ0) is 12.3. The number of hydrogen-bond donors (Lipinski definition) is 0. The van der Waals surface area contributed by atoms with Crippen LogP contribution in [0, 0.1) is 0 Å². The fourth-order valence-electron chi connectivity index (χ4n) is 1.13. The van der Waals surface area contributed by atoms with E-state index in [1.54, 1.807) is 12.1 Å². The van der Waals surface area contributed by atoms with Crippen LogP contribution in [0.4, 0.5) is 0 Å². The van der Waals surface area contributed by atoms with E-state index in [0.717, 1.165) is 6.42 Å². The van der Waals surface area contributed by atoms with Crippen LogP contribution in [0.25, 0.3) is 0 Å². The van der Waals surface area contributed by atoms with Gasteiger partial charge in [-0.05, 0) is 32.8 Å². The summed E-state index contributed by atoms with van der Waals surface area (Å²) in [6.45, 7) is 4.08. The first-order chi connectivity index (χ1) is 7.47. The van der Waals surface area contributed by atoms with E-state index in [2.05, 4.69) is 0 Å². The normalized spacial score (nSPS) is 12.5. The van der Waals surface area contributed by atoms with Crippen LogP contribution in [0.15, 0.2) is 12.1 Å². The maximum absolute atomic E-state index is 12.0. The van der Waals surface area contributed by atoms with Crippen molar-refractivity contribution >= 4 is 67.8 Å². The van der Waals surface area contributed by atoms with Gasteiger partial charge in [0.15, 0.2) is 5.52 Å². The molecule has 1 rings (SSSR count). The Morgan fingerprint density at radius 3 is 2.35 bits per heavy atom. The molecule has 0 bridgehead atoms. The molecule has 1 aromatic carbocycles. The molecular weight excluding hydrogens is 292 g/mol. The van der Waals surface area contributed by atoms with Gasteiger partial charge in [0.2, 0.25) is 0 Å². The monoisotopic (exact) mass is 303 g/mol. The summed E-state index contributed by atoms with van der Waals surface area (Å²) < 4.78 is 0. The van der Waals surface area contributed by atoms with Gasteiger partial charge in [-0.15, -0.1) is 0 Å². The van der Waals surface area contributed by atoms with E-state index in [0.29, 0.717) is 21.3 Å². The zero-order valence-corrected chi connectivity index (χ0v) is 13.2. The predicted molar refractivity (Wildman–Crippen MR) is 79.6 cm³/mol. The zero-order valence-electron chi connectivity index (χ0n) is 9.98. The third kappa shape index (κ3) is 4.75. The Labute approximate surface area is 131 Å². The Bertz CT molecular complexity index is 412. The third-order valence-electron chi connectivity index (χ3n) is 2.26. The second kappa shape index (κ2) is 8.06. The molecule has 0 N–H and O–H groups in total. The van der Waals surface area contributed by atoms with Crippen molar-refractivity contribution in [3.05, 3.63) is 32.8 Å². The predicted octanol–water partition coefficient (Wildman–Crippen LogP) is 4.88. The fourth-order valence-corrected chi connectivity index (χ4v) is 3.05. The first kappa shape index (κ1) is 17.8. The number of benzene rings is 1. The molecule has 2 unspecified atom stereocenters. The van der Waals surface area contributed by atoms with Crippen molar-refractivity contribution in [2.75, 3.05) is 0 Å². The van der Waals surface area contributed by atoms with Crippen LogP contribution < -0.4 is 0 Å². The second-order valence-electron chi connectivity index (χ2n) is 3.50. The Hall–Kier alpha value is 0.787. The van der Waals surface area contributed by atoms with Gasteiger partial charge < -0.3 is 0 Å². The molecule has 0 saturated heterocycles. The molecule has 0 heterocycles. The molecule has 89 valence electrons. The van der Waals surface area contributed by atoms with Crippen LogP contribution >= 0.6 is 43.4 Å². The van der Waals surface area contributed by atoms with Gasteiger partial charge >= 0.3 is 0 Å². The molecule has 2 atom stereocenters. The minimum absolute atomic E-state index is 0. The van der Waals surface area contributed by atoms with E-state index >= 15 is 0 Å². The molecule has 0 aliphatic heterocycles. The first-order valence-electron chi connectivity index (χ1n) is 4.91. The van der Waals surface area contributed by atoms with E-state index in [1.165, 1.54) is 0 Å².